The molecule has 0 radical (unpaired) electrons. The van der Waals surface area contributed by atoms with Crippen molar-refractivity contribution < 1.29 is 9.53 Å². The normalized spacial score (nSPS) is 22.8. The van der Waals surface area contributed by atoms with Crippen LogP contribution in [-0.2, 0) is 16.1 Å². The van der Waals surface area contributed by atoms with Crippen LogP contribution in [0.5, 0.6) is 0 Å². The van der Waals surface area contributed by atoms with E-state index in [2.05, 4.69) is 15.5 Å². The lowest BCUT2D eigenvalue weighted by molar-refractivity contribution is -0.120. The molecule has 3 rings (SSSR count). The highest BCUT2D eigenvalue weighted by Crippen LogP contribution is 2.24. The van der Waals surface area contributed by atoms with Crippen molar-refractivity contribution in [1.82, 2.24) is 20.1 Å². The van der Waals surface area contributed by atoms with Gasteiger partial charge in [0.2, 0.25) is 5.91 Å². The lowest BCUT2D eigenvalue weighted by atomic mass is 9.89. The van der Waals surface area contributed by atoms with E-state index in [1.54, 1.807) is 4.57 Å². The number of aromatic nitrogens is 3. The Hall–Kier alpha value is -1.28. The van der Waals surface area contributed by atoms with Crippen LogP contribution in [0, 0.1) is 5.92 Å². The van der Waals surface area contributed by atoms with Crippen molar-refractivity contribution in [2.24, 2.45) is 5.92 Å². The van der Waals surface area contributed by atoms with Crippen LogP contribution in [0.15, 0.2) is 9.95 Å². The molecule has 140 valence electrons. The third-order valence-electron chi connectivity index (χ3n) is 5.07. The first-order valence-electron chi connectivity index (χ1n) is 9.34. The summed E-state index contributed by atoms with van der Waals surface area (Å²) in [7, 11) is 0. The van der Waals surface area contributed by atoms with Crippen molar-refractivity contribution >= 4 is 17.7 Å². The average molecular weight is 369 g/mol. The molecular formula is C17H28N4O3S. The van der Waals surface area contributed by atoms with Crippen molar-refractivity contribution in [3.63, 3.8) is 0 Å². The first-order valence-corrected chi connectivity index (χ1v) is 10.2. The second-order valence-corrected chi connectivity index (χ2v) is 8.37. The number of hydrogen-bond acceptors (Lipinski definition) is 5. The molecule has 2 unspecified atom stereocenters. The maximum atomic E-state index is 12.4. The van der Waals surface area contributed by atoms with Gasteiger partial charge in [0.15, 0.2) is 5.16 Å². The van der Waals surface area contributed by atoms with Gasteiger partial charge in [0, 0.05) is 13.2 Å². The summed E-state index contributed by atoms with van der Waals surface area (Å²) in [4.78, 5) is 24.4. The fourth-order valence-corrected chi connectivity index (χ4v) is 4.43. The van der Waals surface area contributed by atoms with Crippen molar-refractivity contribution in [1.29, 1.82) is 0 Å². The summed E-state index contributed by atoms with van der Waals surface area (Å²) < 4.78 is 7.19. The van der Waals surface area contributed by atoms with Crippen LogP contribution in [0.3, 0.4) is 0 Å². The fraction of sp³-hybridized carbons (Fsp3) is 0.824. The largest absolute Gasteiger partial charge is 0.376 e. The van der Waals surface area contributed by atoms with Crippen LogP contribution in [-0.4, -0.2) is 45.2 Å². The fourth-order valence-electron chi connectivity index (χ4n) is 3.54. The Morgan fingerprint density at radius 3 is 2.88 bits per heavy atom. The van der Waals surface area contributed by atoms with Crippen LogP contribution in [0.4, 0.5) is 0 Å². The van der Waals surface area contributed by atoms with E-state index in [9.17, 15) is 9.59 Å². The monoisotopic (exact) mass is 368 g/mol. The van der Waals surface area contributed by atoms with Gasteiger partial charge in [0.25, 0.3) is 0 Å². The van der Waals surface area contributed by atoms with Gasteiger partial charge in [-0.3, -0.25) is 9.36 Å². The number of H-pyrrole nitrogens is 1. The Morgan fingerprint density at radius 1 is 1.36 bits per heavy atom. The van der Waals surface area contributed by atoms with Crippen molar-refractivity contribution in [3.05, 3.63) is 10.5 Å². The van der Waals surface area contributed by atoms with Gasteiger partial charge in [-0.15, -0.1) is 5.10 Å². The molecule has 0 aromatic carbocycles. The van der Waals surface area contributed by atoms with Gasteiger partial charge in [-0.25, -0.2) is 9.89 Å². The zero-order valence-corrected chi connectivity index (χ0v) is 15.6. The quantitative estimate of drug-likeness (QED) is 0.718. The Kier molecular flexibility index (Phi) is 6.58. The van der Waals surface area contributed by atoms with Gasteiger partial charge in [-0.05, 0) is 38.5 Å². The highest BCUT2D eigenvalue weighted by molar-refractivity contribution is 8.00. The molecule has 7 nitrogen and oxygen atoms in total. The first-order chi connectivity index (χ1) is 12.1. The number of amides is 1. The molecule has 2 aliphatic rings. The minimum absolute atomic E-state index is 0.00897. The van der Waals surface area contributed by atoms with E-state index in [0.717, 1.165) is 26.0 Å². The molecule has 1 saturated heterocycles. The van der Waals surface area contributed by atoms with Gasteiger partial charge < -0.3 is 10.1 Å². The zero-order valence-electron chi connectivity index (χ0n) is 14.8. The molecule has 2 fully saturated rings. The Morgan fingerprint density at radius 2 is 2.16 bits per heavy atom. The average Bonchev–Trinajstić information content (AvgIpc) is 3.26. The molecular weight excluding hydrogens is 340 g/mol. The summed E-state index contributed by atoms with van der Waals surface area (Å²) in [6, 6.07) is 0. The number of hydrogen-bond donors (Lipinski definition) is 2. The van der Waals surface area contributed by atoms with E-state index in [-0.39, 0.29) is 23.0 Å². The smallest absolute Gasteiger partial charge is 0.344 e. The molecule has 1 aliphatic heterocycles. The summed E-state index contributed by atoms with van der Waals surface area (Å²) in [5.74, 6) is 0.618. The van der Waals surface area contributed by atoms with Gasteiger partial charge in [-0.2, -0.15) is 0 Å². The SMILES string of the molecule is CC(Sc1n[nH]c(=O)n1CC1CCCO1)C(=O)NCC1CCCCC1. The third-order valence-corrected chi connectivity index (χ3v) is 6.16. The number of rotatable bonds is 7. The number of thioether (sulfide) groups is 1. The second-order valence-electron chi connectivity index (χ2n) is 7.07. The number of carbonyl (C=O) groups excluding carboxylic acids is 1. The molecule has 2 heterocycles. The first kappa shape index (κ1) is 18.5. The molecule has 1 aromatic heterocycles. The molecule has 1 saturated carbocycles. The van der Waals surface area contributed by atoms with Crippen molar-refractivity contribution in [2.45, 2.75) is 74.9 Å². The zero-order chi connectivity index (χ0) is 17.6. The predicted octanol–water partition coefficient (Wildman–Crippen LogP) is 1.93. The summed E-state index contributed by atoms with van der Waals surface area (Å²) in [5.41, 5.74) is -0.243. The van der Waals surface area contributed by atoms with Crippen molar-refractivity contribution in [3.8, 4) is 0 Å². The standard InChI is InChI=1S/C17H28N4O3S/c1-12(15(22)18-10-13-6-3-2-4-7-13)25-17-20-19-16(23)21(17)11-14-8-5-9-24-14/h12-14H,2-11H2,1H3,(H,18,22)(H,19,23). The van der Waals surface area contributed by atoms with E-state index in [4.69, 9.17) is 4.74 Å². The number of nitrogens with one attached hydrogen (secondary N) is 2. The van der Waals surface area contributed by atoms with Crippen LogP contribution in [0.2, 0.25) is 0 Å². The second kappa shape index (κ2) is 8.89. The predicted molar refractivity (Wildman–Crippen MR) is 96.7 cm³/mol. The summed E-state index contributed by atoms with van der Waals surface area (Å²) >= 11 is 1.32. The summed E-state index contributed by atoms with van der Waals surface area (Å²) in [5, 5.41) is 9.90. The van der Waals surface area contributed by atoms with E-state index in [0.29, 0.717) is 17.6 Å². The Balaban J connectivity index is 1.52. The minimum atomic E-state index is -0.290. The molecule has 8 heteroatoms. The van der Waals surface area contributed by atoms with E-state index in [1.165, 1.54) is 43.9 Å². The van der Waals surface area contributed by atoms with Gasteiger partial charge in [-0.1, -0.05) is 31.0 Å². The third kappa shape index (κ3) is 5.10. The van der Waals surface area contributed by atoms with Gasteiger partial charge >= 0.3 is 5.69 Å². The molecule has 25 heavy (non-hydrogen) atoms. The summed E-state index contributed by atoms with van der Waals surface area (Å²) in [6.45, 7) is 3.86. The molecule has 0 bridgehead atoms. The lowest BCUT2D eigenvalue weighted by Crippen LogP contribution is -2.35. The lowest BCUT2D eigenvalue weighted by Gasteiger charge is -2.22. The van der Waals surface area contributed by atoms with Crippen molar-refractivity contribution in [2.75, 3.05) is 13.2 Å². The van der Waals surface area contributed by atoms with Gasteiger partial charge in [0.05, 0.1) is 17.9 Å². The van der Waals surface area contributed by atoms with Gasteiger partial charge in [0.1, 0.15) is 0 Å². The number of ether oxygens (including phenoxy) is 1. The highest BCUT2D eigenvalue weighted by atomic mass is 32.2. The van der Waals surface area contributed by atoms with E-state index < -0.39 is 0 Å². The summed E-state index contributed by atoms with van der Waals surface area (Å²) in [6.07, 6.45) is 8.33. The maximum absolute atomic E-state index is 12.4. The van der Waals surface area contributed by atoms with Crippen LogP contribution >= 0.6 is 11.8 Å². The topological polar surface area (TPSA) is 89.0 Å². The molecule has 2 atom stereocenters. The minimum Gasteiger partial charge on any atom is -0.376 e. The molecule has 1 aliphatic carbocycles. The number of aromatic amines is 1. The molecule has 1 amide bonds. The van der Waals surface area contributed by atoms with E-state index in [1.807, 2.05) is 6.92 Å². The molecule has 0 spiro atoms. The van der Waals surface area contributed by atoms with Crippen LogP contribution in [0.1, 0.15) is 51.9 Å². The highest BCUT2D eigenvalue weighted by Gasteiger charge is 2.23. The molecule has 2 N–H and O–H groups in total. The van der Waals surface area contributed by atoms with Crippen LogP contribution in [0.25, 0.3) is 0 Å². The maximum Gasteiger partial charge on any atom is 0.344 e. The molecule has 1 aromatic rings. The number of nitrogens with zero attached hydrogens (tertiary/aromatic N) is 2. The Bertz CT molecular complexity index is 618. The Labute approximate surface area is 152 Å². The number of carbonyl (C=O) groups is 1. The van der Waals surface area contributed by atoms with Crippen LogP contribution < -0.4 is 11.0 Å². The van der Waals surface area contributed by atoms with E-state index >= 15 is 0 Å².